The van der Waals surface area contributed by atoms with Crippen molar-refractivity contribution < 1.29 is 13.2 Å². The van der Waals surface area contributed by atoms with Crippen molar-refractivity contribution in [2.24, 2.45) is 0 Å². The second-order valence-corrected chi connectivity index (χ2v) is 9.54. The van der Waals surface area contributed by atoms with E-state index in [9.17, 15) is 13.2 Å². The van der Waals surface area contributed by atoms with E-state index in [-0.39, 0.29) is 21.5 Å². The second kappa shape index (κ2) is 9.09. The number of hydrogen-bond donors (Lipinski definition) is 2. The highest BCUT2D eigenvalue weighted by Crippen LogP contribution is 2.25. The Bertz CT molecular complexity index is 1430. The summed E-state index contributed by atoms with van der Waals surface area (Å²) in [7, 11) is -3.89. The van der Waals surface area contributed by atoms with Gasteiger partial charge in [0, 0.05) is 16.9 Å². The van der Waals surface area contributed by atoms with Gasteiger partial charge in [0.1, 0.15) is 0 Å². The first-order chi connectivity index (χ1) is 15.7. The molecule has 4 aromatic rings. The van der Waals surface area contributed by atoms with E-state index in [0.29, 0.717) is 11.3 Å². The van der Waals surface area contributed by atoms with Crippen molar-refractivity contribution in [2.75, 3.05) is 10.0 Å². The normalized spacial score (nSPS) is 11.2. The van der Waals surface area contributed by atoms with Gasteiger partial charge in [-0.3, -0.25) is 9.52 Å². The minimum Gasteiger partial charge on any atom is -0.322 e. The lowest BCUT2D eigenvalue weighted by Gasteiger charge is -2.11. The van der Waals surface area contributed by atoms with Crippen LogP contribution in [0.5, 0.6) is 0 Å². The molecule has 1 aromatic heterocycles. The van der Waals surface area contributed by atoms with Crippen LogP contribution in [-0.2, 0) is 10.0 Å². The fourth-order valence-electron chi connectivity index (χ4n) is 3.34. The summed E-state index contributed by atoms with van der Waals surface area (Å²) in [6.45, 7) is 3.88. The van der Waals surface area contributed by atoms with Crippen LogP contribution in [0.1, 0.15) is 21.7 Å². The van der Waals surface area contributed by atoms with Gasteiger partial charge in [0.15, 0.2) is 0 Å². The van der Waals surface area contributed by atoms with Gasteiger partial charge in [-0.15, -0.1) is 0 Å². The van der Waals surface area contributed by atoms with Gasteiger partial charge in [-0.1, -0.05) is 29.8 Å². The van der Waals surface area contributed by atoms with Crippen LogP contribution in [-0.4, -0.2) is 24.1 Å². The molecule has 0 aliphatic rings. The molecule has 7 nitrogen and oxygen atoms in total. The Morgan fingerprint density at radius 1 is 0.939 bits per heavy atom. The minimum atomic E-state index is -3.89. The monoisotopic (exact) mass is 480 g/mol. The van der Waals surface area contributed by atoms with Crippen molar-refractivity contribution in [2.45, 2.75) is 18.7 Å². The SMILES string of the molecule is Cc1cc(C)n(-c2ccc(C(=O)Nc3cccc(S(=O)(=O)Nc4ccccc4Cl)c3)cc2)n1. The summed E-state index contributed by atoms with van der Waals surface area (Å²) in [5, 5.41) is 7.46. The van der Waals surface area contributed by atoms with Crippen LogP contribution in [0.3, 0.4) is 0 Å². The lowest BCUT2D eigenvalue weighted by atomic mass is 10.2. The van der Waals surface area contributed by atoms with Crippen molar-refractivity contribution in [3.8, 4) is 5.69 Å². The number of carbonyl (C=O) groups excluding carboxylic acids is 1. The van der Waals surface area contributed by atoms with Crippen LogP contribution < -0.4 is 10.0 Å². The molecule has 9 heteroatoms. The summed E-state index contributed by atoms with van der Waals surface area (Å²) < 4.78 is 29.8. The molecule has 33 heavy (non-hydrogen) atoms. The molecular formula is C24H21ClN4O3S. The summed E-state index contributed by atoms with van der Waals surface area (Å²) in [5.74, 6) is -0.358. The number of sulfonamides is 1. The Hall–Kier alpha value is -3.62. The molecule has 0 saturated heterocycles. The summed E-state index contributed by atoms with van der Waals surface area (Å²) in [6.07, 6.45) is 0. The fraction of sp³-hybridized carbons (Fsp3) is 0.0833. The molecule has 168 valence electrons. The predicted molar refractivity (Wildman–Crippen MR) is 130 cm³/mol. The molecule has 3 aromatic carbocycles. The molecule has 0 atom stereocenters. The third-order valence-electron chi connectivity index (χ3n) is 4.90. The molecule has 0 aliphatic heterocycles. The first-order valence-electron chi connectivity index (χ1n) is 10.1. The summed E-state index contributed by atoms with van der Waals surface area (Å²) in [4.78, 5) is 12.7. The molecule has 2 N–H and O–H groups in total. The maximum absolute atomic E-state index is 12.8. The number of anilines is 2. The molecule has 0 radical (unpaired) electrons. The smallest absolute Gasteiger partial charge is 0.262 e. The topological polar surface area (TPSA) is 93.1 Å². The van der Waals surface area contributed by atoms with Gasteiger partial charge >= 0.3 is 0 Å². The average molecular weight is 481 g/mol. The van der Waals surface area contributed by atoms with Gasteiger partial charge < -0.3 is 5.32 Å². The first kappa shape index (κ1) is 22.6. The summed E-state index contributed by atoms with van der Waals surface area (Å²) in [5.41, 5.74) is 3.81. The number of carbonyl (C=O) groups is 1. The first-order valence-corrected chi connectivity index (χ1v) is 11.9. The van der Waals surface area contributed by atoms with Crippen molar-refractivity contribution in [3.05, 3.63) is 101 Å². The van der Waals surface area contributed by atoms with Crippen LogP contribution in [0.25, 0.3) is 5.69 Å². The zero-order chi connectivity index (χ0) is 23.6. The van der Waals surface area contributed by atoms with Gasteiger partial charge in [0.25, 0.3) is 15.9 Å². The summed E-state index contributed by atoms with van der Waals surface area (Å²) >= 11 is 6.06. The van der Waals surface area contributed by atoms with E-state index in [4.69, 9.17) is 11.6 Å². The maximum atomic E-state index is 12.8. The molecule has 0 spiro atoms. The predicted octanol–water partition coefficient (Wildman–Crippen LogP) is 5.20. The van der Waals surface area contributed by atoms with E-state index in [2.05, 4.69) is 15.1 Å². The van der Waals surface area contributed by atoms with Crippen LogP contribution in [0.2, 0.25) is 5.02 Å². The number of halogens is 1. The molecule has 0 fully saturated rings. The van der Waals surface area contributed by atoms with Crippen LogP contribution in [0.4, 0.5) is 11.4 Å². The Morgan fingerprint density at radius 3 is 2.33 bits per heavy atom. The standard InChI is InChI=1S/C24H21ClN4O3S/c1-16-14-17(2)29(27-16)20-12-10-18(11-13-20)24(30)26-19-6-5-7-21(15-19)33(31,32)28-23-9-4-3-8-22(23)25/h3-15,28H,1-2H3,(H,26,30). The zero-order valence-corrected chi connectivity index (χ0v) is 19.5. The van der Waals surface area contributed by atoms with Gasteiger partial charge in [0.2, 0.25) is 0 Å². The van der Waals surface area contributed by atoms with Gasteiger partial charge in [-0.2, -0.15) is 5.10 Å². The zero-order valence-electron chi connectivity index (χ0n) is 17.9. The van der Waals surface area contributed by atoms with Gasteiger partial charge in [0.05, 0.1) is 27.0 Å². The van der Waals surface area contributed by atoms with Crippen molar-refractivity contribution in [1.29, 1.82) is 0 Å². The number of aromatic nitrogens is 2. The van der Waals surface area contributed by atoms with Crippen molar-refractivity contribution in [3.63, 3.8) is 0 Å². The third-order valence-corrected chi connectivity index (χ3v) is 6.60. The molecule has 4 rings (SSSR count). The van der Waals surface area contributed by atoms with E-state index < -0.39 is 10.0 Å². The number of nitrogens with one attached hydrogen (secondary N) is 2. The van der Waals surface area contributed by atoms with E-state index in [1.54, 1.807) is 53.2 Å². The van der Waals surface area contributed by atoms with E-state index in [1.807, 2.05) is 32.0 Å². The van der Waals surface area contributed by atoms with Gasteiger partial charge in [-0.05, 0) is 74.5 Å². The quantitative estimate of drug-likeness (QED) is 0.397. The number of hydrogen-bond acceptors (Lipinski definition) is 4. The highest BCUT2D eigenvalue weighted by molar-refractivity contribution is 7.92. The molecule has 0 aliphatic carbocycles. The highest BCUT2D eigenvalue weighted by atomic mass is 35.5. The third kappa shape index (κ3) is 5.08. The number of nitrogens with zero attached hydrogens (tertiary/aromatic N) is 2. The minimum absolute atomic E-state index is 0.0000878. The van der Waals surface area contributed by atoms with Crippen LogP contribution in [0.15, 0.2) is 83.8 Å². The number of para-hydroxylation sites is 1. The Morgan fingerprint density at radius 2 is 1.67 bits per heavy atom. The van der Waals surface area contributed by atoms with Crippen molar-refractivity contribution >= 4 is 38.9 Å². The number of rotatable bonds is 6. The summed E-state index contributed by atoms with van der Waals surface area (Å²) in [6, 6.07) is 21.5. The van der Waals surface area contributed by atoms with E-state index in [0.717, 1.165) is 17.1 Å². The highest BCUT2D eigenvalue weighted by Gasteiger charge is 2.17. The Labute approximate surface area is 197 Å². The number of benzene rings is 3. The average Bonchev–Trinajstić information content (AvgIpc) is 3.13. The van der Waals surface area contributed by atoms with Gasteiger partial charge in [-0.25, -0.2) is 13.1 Å². The maximum Gasteiger partial charge on any atom is 0.262 e. The Balaban J connectivity index is 1.50. The largest absolute Gasteiger partial charge is 0.322 e. The van der Waals surface area contributed by atoms with Crippen LogP contribution in [0, 0.1) is 13.8 Å². The lowest BCUT2D eigenvalue weighted by Crippen LogP contribution is -2.15. The van der Waals surface area contributed by atoms with Crippen molar-refractivity contribution in [1.82, 2.24) is 9.78 Å². The number of amides is 1. The molecular weight excluding hydrogens is 460 g/mol. The molecule has 0 bridgehead atoms. The molecule has 1 heterocycles. The Kier molecular flexibility index (Phi) is 6.22. The van der Waals surface area contributed by atoms with E-state index >= 15 is 0 Å². The molecule has 0 unspecified atom stereocenters. The van der Waals surface area contributed by atoms with Crippen LogP contribution >= 0.6 is 11.6 Å². The van der Waals surface area contributed by atoms with E-state index in [1.165, 1.54) is 12.1 Å². The molecule has 1 amide bonds. The second-order valence-electron chi connectivity index (χ2n) is 7.45. The molecule has 0 saturated carbocycles. The fourth-order valence-corrected chi connectivity index (χ4v) is 4.70. The number of aryl methyl sites for hydroxylation is 2. The lowest BCUT2D eigenvalue weighted by molar-refractivity contribution is 0.102.